The molecule has 0 bridgehead atoms. The molecule has 4 nitrogen and oxygen atoms in total. The van der Waals surface area contributed by atoms with Gasteiger partial charge in [-0.1, -0.05) is 12.1 Å². The summed E-state index contributed by atoms with van der Waals surface area (Å²) in [5.41, 5.74) is 3.86. The van der Waals surface area contributed by atoms with Gasteiger partial charge < -0.3 is 9.30 Å². The molecule has 0 N–H and O–H groups in total. The van der Waals surface area contributed by atoms with Crippen molar-refractivity contribution in [2.24, 2.45) is 0 Å². The number of ketones is 1. The lowest BCUT2D eigenvalue weighted by molar-refractivity contribution is 0.104. The number of carbonyl (C=O) groups excluding carboxylic acids is 1. The van der Waals surface area contributed by atoms with E-state index in [0.717, 1.165) is 22.3 Å². The molecule has 0 aliphatic heterocycles. The molecule has 1 heterocycles. The predicted molar refractivity (Wildman–Crippen MR) is 94.0 cm³/mol. The number of ether oxygens (including phenoxy) is 1. The average molecular weight is 319 g/mol. The molecule has 3 aromatic rings. The van der Waals surface area contributed by atoms with Gasteiger partial charge in [-0.05, 0) is 38.1 Å². The van der Waals surface area contributed by atoms with E-state index >= 15 is 0 Å². The summed E-state index contributed by atoms with van der Waals surface area (Å²) in [4.78, 5) is 26.0. The van der Waals surface area contributed by atoms with E-state index in [9.17, 15) is 9.59 Å². The number of fused-ring (bicyclic) bond motifs is 4. The van der Waals surface area contributed by atoms with Crippen LogP contribution >= 0.6 is 0 Å². The molecule has 0 atom stereocenters. The van der Waals surface area contributed by atoms with Crippen molar-refractivity contribution in [1.82, 2.24) is 4.57 Å². The second-order valence-corrected chi connectivity index (χ2v) is 5.96. The maximum atomic E-state index is 13.0. The average Bonchev–Trinajstić information content (AvgIpc) is 2.90. The Morgan fingerprint density at radius 2 is 1.79 bits per heavy atom. The van der Waals surface area contributed by atoms with E-state index in [1.807, 2.05) is 44.2 Å². The van der Waals surface area contributed by atoms with E-state index in [4.69, 9.17) is 4.74 Å². The van der Waals surface area contributed by atoms with Gasteiger partial charge in [-0.25, -0.2) is 0 Å². The van der Waals surface area contributed by atoms with Crippen molar-refractivity contribution in [3.63, 3.8) is 0 Å². The molecule has 1 aromatic heterocycles. The quantitative estimate of drug-likeness (QED) is 0.568. The van der Waals surface area contributed by atoms with Crippen LogP contribution in [0.3, 0.4) is 0 Å². The summed E-state index contributed by atoms with van der Waals surface area (Å²) in [6.07, 6.45) is 0. The molecule has 0 saturated carbocycles. The lowest BCUT2D eigenvalue weighted by Gasteiger charge is -2.15. The highest BCUT2D eigenvalue weighted by Crippen LogP contribution is 2.41. The molecule has 0 radical (unpaired) electrons. The SMILES string of the molecule is CCn1c2c(c(=O)c3ccccc31)C(=O)c1c-2ccc(OC)c1C. The third-order valence-electron chi connectivity index (χ3n) is 4.83. The predicted octanol–water partition coefficient (Wildman–Crippen LogP) is 3.55. The molecular weight excluding hydrogens is 302 g/mol. The normalized spacial score (nSPS) is 12.4. The van der Waals surface area contributed by atoms with E-state index in [-0.39, 0.29) is 16.8 Å². The third-order valence-corrected chi connectivity index (χ3v) is 4.83. The minimum absolute atomic E-state index is 0.190. The maximum Gasteiger partial charge on any atom is 0.201 e. The van der Waals surface area contributed by atoms with Crippen LogP contribution in [0.2, 0.25) is 0 Å². The highest BCUT2D eigenvalue weighted by atomic mass is 16.5. The van der Waals surface area contributed by atoms with Gasteiger partial charge in [0, 0.05) is 28.6 Å². The lowest BCUT2D eigenvalue weighted by atomic mass is 10.0. The topological polar surface area (TPSA) is 48.3 Å². The van der Waals surface area contributed by atoms with Crippen molar-refractivity contribution in [2.45, 2.75) is 20.4 Å². The monoisotopic (exact) mass is 319 g/mol. The van der Waals surface area contributed by atoms with Crippen LogP contribution in [0, 0.1) is 6.92 Å². The molecule has 4 heteroatoms. The van der Waals surface area contributed by atoms with Gasteiger partial charge in [0.05, 0.1) is 23.9 Å². The molecule has 4 rings (SSSR count). The van der Waals surface area contributed by atoms with E-state index in [1.54, 1.807) is 13.2 Å². The molecule has 120 valence electrons. The van der Waals surface area contributed by atoms with E-state index in [2.05, 4.69) is 4.57 Å². The zero-order valence-corrected chi connectivity index (χ0v) is 13.8. The largest absolute Gasteiger partial charge is 0.496 e. The zero-order chi connectivity index (χ0) is 17.0. The minimum atomic E-state index is -0.200. The highest BCUT2D eigenvalue weighted by molar-refractivity contribution is 6.23. The first-order valence-corrected chi connectivity index (χ1v) is 7.98. The van der Waals surface area contributed by atoms with Crippen LogP contribution < -0.4 is 10.2 Å². The second-order valence-electron chi connectivity index (χ2n) is 5.96. The van der Waals surface area contributed by atoms with Crippen LogP contribution in [0.5, 0.6) is 5.75 Å². The Morgan fingerprint density at radius 1 is 1.04 bits per heavy atom. The number of hydrogen-bond acceptors (Lipinski definition) is 3. The van der Waals surface area contributed by atoms with Crippen LogP contribution in [0.15, 0.2) is 41.2 Å². The molecule has 0 unspecified atom stereocenters. The summed E-state index contributed by atoms with van der Waals surface area (Å²) in [6.45, 7) is 4.57. The maximum absolute atomic E-state index is 13.0. The molecular formula is C20H17NO3. The summed E-state index contributed by atoms with van der Waals surface area (Å²) >= 11 is 0. The van der Waals surface area contributed by atoms with Crippen LogP contribution in [-0.4, -0.2) is 17.5 Å². The Bertz CT molecular complexity index is 1080. The fraction of sp³-hybridized carbons (Fsp3) is 0.200. The molecule has 1 aliphatic rings. The number of aryl methyl sites for hydroxylation is 1. The van der Waals surface area contributed by atoms with Crippen molar-refractivity contribution >= 4 is 16.7 Å². The van der Waals surface area contributed by atoms with Gasteiger partial charge in [0.15, 0.2) is 5.78 Å². The van der Waals surface area contributed by atoms with Crippen LogP contribution in [-0.2, 0) is 6.54 Å². The molecule has 0 amide bonds. The first-order chi connectivity index (χ1) is 11.6. The molecule has 1 aliphatic carbocycles. The zero-order valence-electron chi connectivity index (χ0n) is 13.8. The molecule has 2 aromatic carbocycles. The van der Waals surface area contributed by atoms with Crippen LogP contribution in [0.4, 0.5) is 0 Å². The molecule has 24 heavy (non-hydrogen) atoms. The van der Waals surface area contributed by atoms with Gasteiger partial charge in [-0.15, -0.1) is 0 Å². The van der Waals surface area contributed by atoms with E-state index in [1.165, 1.54) is 0 Å². The summed E-state index contributed by atoms with van der Waals surface area (Å²) in [5.74, 6) is 0.462. The van der Waals surface area contributed by atoms with Gasteiger partial charge in [0.2, 0.25) is 5.43 Å². The van der Waals surface area contributed by atoms with E-state index < -0.39 is 0 Å². The number of rotatable bonds is 2. The Balaban J connectivity index is 2.21. The number of hydrogen-bond donors (Lipinski definition) is 0. The minimum Gasteiger partial charge on any atom is -0.496 e. The first-order valence-electron chi connectivity index (χ1n) is 7.98. The lowest BCUT2D eigenvalue weighted by Crippen LogP contribution is -2.18. The summed E-state index contributed by atoms with van der Waals surface area (Å²) < 4.78 is 7.40. The summed E-state index contributed by atoms with van der Waals surface area (Å²) in [6, 6.07) is 11.2. The summed E-state index contributed by atoms with van der Waals surface area (Å²) in [7, 11) is 1.58. The van der Waals surface area contributed by atoms with Gasteiger partial charge in [-0.3, -0.25) is 9.59 Å². The van der Waals surface area contributed by atoms with Crippen molar-refractivity contribution in [3.8, 4) is 17.0 Å². The number of nitrogens with zero attached hydrogens (tertiary/aromatic N) is 1. The standard InChI is InChI=1S/C20H17NO3/c1-4-21-14-8-6-5-7-12(14)19(22)17-18(21)13-9-10-15(24-3)11(2)16(13)20(17)23/h5-10H,4H2,1-3H3. The van der Waals surface area contributed by atoms with Crippen molar-refractivity contribution < 1.29 is 9.53 Å². The third kappa shape index (κ3) is 1.68. The second kappa shape index (κ2) is 5.06. The molecule has 0 saturated heterocycles. The highest BCUT2D eigenvalue weighted by Gasteiger charge is 2.34. The van der Waals surface area contributed by atoms with Gasteiger partial charge in [0.25, 0.3) is 0 Å². The van der Waals surface area contributed by atoms with Gasteiger partial charge >= 0.3 is 0 Å². The Hall–Kier alpha value is -2.88. The number of benzene rings is 2. The molecule has 0 spiro atoms. The smallest absolute Gasteiger partial charge is 0.201 e. The fourth-order valence-corrected chi connectivity index (χ4v) is 3.75. The van der Waals surface area contributed by atoms with E-state index in [0.29, 0.717) is 23.2 Å². The number of methoxy groups -OCH3 is 1. The van der Waals surface area contributed by atoms with Gasteiger partial charge in [-0.2, -0.15) is 0 Å². The fourth-order valence-electron chi connectivity index (χ4n) is 3.75. The Morgan fingerprint density at radius 3 is 2.50 bits per heavy atom. The Labute approximate surface area is 139 Å². The first kappa shape index (κ1) is 14.7. The van der Waals surface area contributed by atoms with Gasteiger partial charge in [0.1, 0.15) is 5.75 Å². The van der Waals surface area contributed by atoms with Crippen LogP contribution in [0.1, 0.15) is 28.4 Å². The number of pyridine rings is 1. The van der Waals surface area contributed by atoms with Crippen molar-refractivity contribution in [1.29, 1.82) is 0 Å². The summed E-state index contributed by atoms with van der Waals surface area (Å²) in [5, 5.41) is 0.587. The van der Waals surface area contributed by atoms with Crippen molar-refractivity contribution in [2.75, 3.05) is 7.11 Å². The van der Waals surface area contributed by atoms with Crippen LogP contribution in [0.25, 0.3) is 22.2 Å². The Kier molecular flexibility index (Phi) is 3.10. The number of carbonyl (C=O) groups is 1. The van der Waals surface area contributed by atoms with Crippen molar-refractivity contribution in [3.05, 3.63) is 63.3 Å². The molecule has 0 fully saturated rings. The number of para-hydroxylation sites is 1. The number of aromatic nitrogens is 1.